The van der Waals surface area contributed by atoms with Gasteiger partial charge in [-0.3, -0.25) is 14.2 Å². The Morgan fingerprint density at radius 2 is 1.59 bits per heavy atom. The summed E-state index contributed by atoms with van der Waals surface area (Å²) in [6.45, 7) is 3.29. The number of aromatic amines is 2. The molecule has 3 N–H and O–H groups in total. The van der Waals surface area contributed by atoms with Crippen molar-refractivity contribution < 1.29 is 8.42 Å². The van der Waals surface area contributed by atoms with Crippen molar-refractivity contribution in [2.45, 2.75) is 18.7 Å². The monoisotopic (exact) mass is 413 g/mol. The molecular weight excluding hydrogens is 394 g/mol. The van der Waals surface area contributed by atoms with Crippen molar-refractivity contribution in [1.29, 1.82) is 0 Å². The van der Waals surface area contributed by atoms with E-state index in [-0.39, 0.29) is 10.6 Å². The zero-order valence-corrected chi connectivity index (χ0v) is 16.8. The SMILES string of the molecule is Cc1cc2[nH]c(=O)[nH]c2cc1S(=O)(=O)Nc1c(C)n(C)n(-c2ccccc2)c1=O. The number of fused-ring (bicyclic) bond motifs is 1. The van der Waals surface area contributed by atoms with Crippen LogP contribution in [0.15, 0.2) is 56.9 Å². The Bertz CT molecular complexity index is 1460. The molecule has 0 spiro atoms. The molecule has 0 saturated carbocycles. The molecule has 0 aliphatic heterocycles. The highest BCUT2D eigenvalue weighted by atomic mass is 32.2. The highest BCUT2D eigenvalue weighted by Gasteiger charge is 2.24. The van der Waals surface area contributed by atoms with Crippen LogP contribution < -0.4 is 16.0 Å². The lowest BCUT2D eigenvalue weighted by Gasteiger charge is -2.09. The number of para-hydroxylation sites is 1. The lowest BCUT2D eigenvalue weighted by molar-refractivity contribution is 0.600. The van der Waals surface area contributed by atoms with E-state index in [9.17, 15) is 18.0 Å². The molecule has 0 bridgehead atoms. The molecule has 0 amide bonds. The first-order valence-corrected chi connectivity index (χ1v) is 10.3. The van der Waals surface area contributed by atoms with Crippen molar-refractivity contribution in [1.82, 2.24) is 19.3 Å². The van der Waals surface area contributed by atoms with E-state index in [2.05, 4.69) is 14.7 Å². The van der Waals surface area contributed by atoms with Crippen LogP contribution in [0.25, 0.3) is 16.7 Å². The molecule has 0 aliphatic carbocycles. The molecule has 0 saturated heterocycles. The van der Waals surface area contributed by atoms with Gasteiger partial charge in [-0.15, -0.1) is 0 Å². The van der Waals surface area contributed by atoms with Crippen LogP contribution in [0.5, 0.6) is 0 Å². The van der Waals surface area contributed by atoms with E-state index in [0.717, 1.165) is 0 Å². The fraction of sp³-hybridized carbons (Fsp3) is 0.158. The van der Waals surface area contributed by atoms with Gasteiger partial charge in [-0.1, -0.05) is 18.2 Å². The molecule has 4 rings (SSSR count). The van der Waals surface area contributed by atoms with Crippen LogP contribution in [0.3, 0.4) is 0 Å². The Morgan fingerprint density at radius 1 is 0.966 bits per heavy atom. The third kappa shape index (κ3) is 3.07. The lowest BCUT2D eigenvalue weighted by Crippen LogP contribution is -2.23. The standard InChI is InChI=1S/C19H19N5O4S/c1-11-9-14-15(21-19(26)20-14)10-16(11)29(27,28)22-17-12(2)23(3)24(18(17)25)13-7-5-4-6-8-13/h4-10,22H,1-3H3,(H2,20,21,26). The van der Waals surface area contributed by atoms with Gasteiger partial charge in [-0.05, 0) is 43.7 Å². The zero-order valence-electron chi connectivity index (χ0n) is 16.0. The maximum Gasteiger partial charge on any atom is 0.323 e. The van der Waals surface area contributed by atoms with Crippen LogP contribution >= 0.6 is 0 Å². The normalized spacial score (nSPS) is 11.8. The predicted octanol–water partition coefficient (Wildman–Crippen LogP) is 1.76. The Balaban J connectivity index is 1.83. The summed E-state index contributed by atoms with van der Waals surface area (Å²) in [6, 6.07) is 11.9. The number of nitrogens with one attached hydrogen (secondary N) is 3. The average molecular weight is 413 g/mol. The molecule has 9 nitrogen and oxygen atoms in total. The topological polar surface area (TPSA) is 122 Å². The predicted molar refractivity (Wildman–Crippen MR) is 110 cm³/mol. The highest BCUT2D eigenvalue weighted by molar-refractivity contribution is 7.92. The molecule has 0 unspecified atom stereocenters. The second-order valence-corrected chi connectivity index (χ2v) is 8.44. The van der Waals surface area contributed by atoms with E-state index in [0.29, 0.717) is 28.0 Å². The van der Waals surface area contributed by atoms with Gasteiger partial charge < -0.3 is 9.97 Å². The van der Waals surface area contributed by atoms with Crippen molar-refractivity contribution in [3.05, 3.63) is 74.6 Å². The molecule has 4 aromatic rings. The smallest absolute Gasteiger partial charge is 0.306 e. The summed E-state index contributed by atoms with van der Waals surface area (Å²) in [5, 5.41) is 0. The molecule has 0 radical (unpaired) electrons. The number of hydrogen-bond acceptors (Lipinski definition) is 4. The highest BCUT2D eigenvalue weighted by Crippen LogP contribution is 2.23. The summed E-state index contributed by atoms with van der Waals surface area (Å²) < 4.78 is 31.5. The molecule has 2 heterocycles. The summed E-state index contributed by atoms with van der Waals surface area (Å²) in [4.78, 5) is 29.6. The summed E-state index contributed by atoms with van der Waals surface area (Å²) >= 11 is 0. The number of aromatic nitrogens is 4. The molecule has 150 valence electrons. The third-order valence-corrected chi connectivity index (χ3v) is 6.38. The zero-order chi connectivity index (χ0) is 20.9. The number of H-pyrrole nitrogens is 2. The largest absolute Gasteiger partial charge is 0.323 e. The number of aryl methyl sites for hydroxylation is 1. The number of benzene rings is 2. The number of rotatable bonds is 4. The number of imidazole rings is 1. The Hall–Kier alpha value is -3.53. The lowest BCUT2D eigenvalue weighted by atomic mass is 10.2. The molecule has 2 aromatic heterocycles. The minimum absolute atomic E-state index is 0.0193. The molecule has 0 atom stereocenters. The Kier molecular flexibility index (Phi) is 4.23. The number of nitrogens with zero attached hydrogens (tertiary/aromatic N) is 2. The van der Waals surface area contributed by atoms with Crippen LogP contribution in [-0.4, -0.2) is 27.7 Å². The van der Waals surface area contributed by atoms with Crippen LogP contribution in [0.1, 0.15) is 11.3 Å². The Labute approximate surface area is 165 Å². The van der Waals surface area contributed by atoms with E-state index in [4.69, 9.17) is 0 Å². The first-order chi connectivity index (χ1) is 13.7. The van der Waals surface area contributed by atoms with Gasteiger partial charge in [0, 0.05) is 7.05 Å². The van der Waals surface area contributed by atoms with Crippen molar-refractivity contribution in [2.75, 3.05) is 4.72 Å². The number of sulfonamides is 1. The van der Waals surface area contributed by atoms with Crippen LogP contribution in [0, 0.1) is 13.8 Å². The van der Waals surface area contributed by atoms with Gasteiger partial charge in [0.15, 0.2) is 0 Å². The quantitative estimate of drug-likeness (QED) is 0.472. The van der Waals surface area contributed by atoms with Crippen LogP contribution in [0.2, 0.25) is 0 Å². The van der Waals surface area contributed by atoms with Gasteiger partial charge in [0.1, 0.15) is 5.69 Å². The fourth-order valence-electron chi connectivity index (χ4n) is 3.34. The van der Waals surface area contributed by atoms with Crippen molar-refractivity contribution >= 4 is 26.7 Å². The van der Waals surface area contributed by atoms with Crippen molar-refractivity contribution in [3.8, 4) is 5.69 Å². The molecule has 29 heavy (non-hydrogen) atoms. The number of hydrogen-bond donors (Lipinski definition) is 3. The van der Waals surface area contributed by atoms with E-state index in [1.807, 2.05) is 6.07 Å². The molecule has 0 aliphatic rings. The minimum Gasteiger partial charge on any atom is -0.306 e. The van der Waals surface area contributed by atoms with E-state index in [1.165, 1.54) is 10.7 Å². The second kappa shape index (κ2) is 6.52. The van der Waals surface area contributed by atoms with Crippen LogP contribution in [0.4, 0.5) is 5.69 Å². The molecule has 10 heteroatoms. The maximum atomic E-state index is 13.1. The van der Waals surface area contributed by atoms with Gasteiger partial charge in [-0.25, -0.2) is 17.9 Å². The maximum absolute atomic E-state index is 13.1. The second-order valence-electron chi connectivity index (χ2n) is 6.78. The summed E-state index contributed by atoms with van der Waals surface area (Å²) in [5.74, 6) is 0. The molecular formula is C19H19N5O4S. The van der Waals surface area contributed by atoms with E-state index in [1.54, 1.807) is 55.9 Å². The average Bonchev–Trinajstić information content (AvgIpc) is 3.13. The fourth-order valence-corrected chi connectivity index (χ4v) is 4.71. The van der Waals surface area contributed by atoms with Gasteiger partial charge in [0.2, 0.25) is 0 Å². The summed E-state index contributed by atoms with van der Waals surface area (Å²) in [6.07, 6.45) is 0. The van der Waals surface area contributed by atoms with Gasteiger partial charge in [0.05, 0.1) is 27.3 Å². The van der Waals surface area contributed by atoms with Gasteiger partial charge >= 0.3 is 5.69 Å². The third-order valence-electron chi connectivity index (χ3n) is 4.89. The molecule has 0 fully saturated rings. The van der Waals surface area contributed by atoms with Crippen molar-refractivity contribution in [2.24, 2.45) is 7.05 Å². The Morgan fingerprint density at radius 3 is 2.24 bits per heavy atom. The summed E-state index contributed by atoms with van der Waals surface area (Å²) in [7, 11) is -2.39. The first-order valence-electron chi connectivity index (χ1n) is 8.78. The minimum atomic E-state index is -4.07. The van der Waals surface area contributed by atoms with Crippen molar-refractivity contribution in [3.63, 3.8) is 0 Å². The van der Waals surface area contributed by atoms with E-state index < -0.39 is 21.3 Å². The first kappa shape index (κ1) is 18.8. The number of anilines is 1. The van der Waals surface area contributed by atoms with E-state index >= 15 is 0 Å². The van der Waals surface area contributed by atoms with Crippen LogP contribution in [-0.2, 0) is 17.1 Å². The van der Waals surface area contributed by atoms with Gasteiger partial charge in [-0.2, -0.15) is 0 Å². The van der Waals surface area contributed by atoms with Gasteiger partial charge in [0.25, 0.3) is 15.6 Å². The molecule has 2 aromatic carbocycles. The summed E-state index contributed by atoms with van der Waals surface area (Å²) in [5.41, 5.74) is 1.48.